The van der Waals surface area contributed by atoms with Gasteiger partial charge in [0.25, 0.3) is 5.56 Å². The molecule has 1 atom stereocenters. The third-order valence-electron chi connectivity index (χ3n) is 2.58. The smallest absolute Gasteiger partial charge is 0.331 e. The largest absolute Gasteiger partial charge is 0.492 e. The summed E-state index contributed by atoms with van der Waals surface area (Å²) in [6, 6.07) is -0.348. The Morgan fingerprint density at radius 3 is 2.44 bits per heavy atom. The summed E-state index contributed by atoms with van der Waals surface area (Å²) in [5.41, 5.74) is -1.98. The first kappa shape index (κ1) is 12.5. The zero-order chi connectivity index (χ0) is 12.5. The average Bonchev–Trinajstić information content (AvgIpc) is 2.20. The van der Waals surface area contributed by atoms with E-state index in [9.17, 15) is 19.1 Å². The summed E-state index contributed by atoms with van der Waals surface area (Å²) in [5, 5.41) is 9.48. The molecule has 2 N–H and O–H groups in total. The van der Waals surface area contributed by atoms with Crippen molar-refractivity contribution in [2.45, 2.75) is 33.2 Å². The second kappa shape index (κ2) is 4.51. The van der Waals surface area contributed by atoms with Crippen LogP contribution in [0.25, 0.3) is 0 Å². The van der Waals surface area contributed by atoms with Crippen LogP contribution in [0, 0.1) is 11.7 Å². The molecule has 0 amide bonds. The van der Waals surface area contributed by atoms with Gasteiger partial charge in [0.05, 0.1) is 0 Å². The molecule has 0 aliphatic heterocycles. The lowest BCUT2D eigenvalue weighted by atomic mass is 10.0. The van der Waals surface area contributed by atoms with Gasteiger partial charge in [0.1, 0.15) is 0 Å². The number of rotatable bonds is 3. The van der Waals surface area contributed by atoms with Crippen LogP contribution in [0.5, 0.6) is 5.88 Å². The number of hydrogen-bond donors (Lipinski definition) is 2. The first-order chi connectivity index (χ1) is 7.40. The van der Waals surface area contributed by atoms with Crippen LogP contribution in [0.1, 0.15) is 33.2 Å². The Morgan fingerprint density at radius 1 is 1.44 bits per heavy atom. The molecule has 6 heteroatoms. The summed E-state index contributed by atoms with van der Waals surface area (Å²) >= 11 is 0. The van der Waals surface area contributed by atoms with E-state index >= 15 is 0 Å². The Balaban J connectivity index is 3.50. The number of aromatic amines is 1. The van der Waals surface area contributed by atoms with Gasteiger partial charge in [-0.1, -0.05) is 20.8 Å². The number of nitrogens with zero attached hydrogens (tertiary/aromatic N) is 1. The third kappa shape index (κ3) is 2.00. The normalized spacial score (nSPS) is 13.1. The Labute approximate surface area is 91.6 Å². The summed E-state index contributed by atoms with van der Waals surface area (Å²) in [4.78, 5) is 24.2. The molecule has 1 heterocycles. The van der Waals surface area contributed by atoms with Gasteiger partial charge in [-0.3, -0.25) is 14.3 Å². The van der Waals surface area contributed by atoms with Crippen molar-refractivity contribution in [2.24, 2.45) is 5.92 Å². The van der Waals surface area contributed by atoms with Crippen LogP contribution >= 0.6 is 0 Å². The van der Waals surface area contributed by atoms with Gasteiger partial charge in [-0.15, -0.1) is 0 Å². The first-order valence-electron chi connectivity index (χ1n) is 5.13. The van der Waals surface area contributed by atoms with Gasteiger partial charge in [0, 0.05) is 6.04 Å². The molecule has 0 aliphatic carbocycles. The minimum Gasteiger partial charge on any atom is -0.492 e. The second-order valence-corrected chi connectivity index (χ2v) is 3.99. The van der Waals surface area contributed by atoms with Gasteiger partial charge in [-0.25, -0.2) is 4.79 Å². The molecule has 0 saturated carbocycles. The number of hydrogen-bond acceptors (Lipinski definition) is 3. The average molecular weight is 230 g/mol. The molecular weight excluding hydrogens is 215 g/mol. The molecule has 0 aliphatic rings. The Kier molecular flexibility index (Phi) is 3.51. The van der Waals surface area contributed by atoms with Crippen LogP contribution in [0.3, 0.4) is 0 Å². The molecule has 1 rings (SSSR count). The lowest BCUT2D eigenvalue weighted by molar-refractivity contribution is 0.283. The predicted octanol–water partition coefficient (Wildman–Crippen LogP) is 0.988. The number of aromatic nitrogens is 2. The molecule has 0 fully saturated rings. The lowest BCUT2D eigenvalue weighted by Crippen LogP contribution is -2.35. The number of halogens is 1. The predicted molar refractivity (Wildman–Crippen MR) is 57.1 cm³/mol. The summed E-state index contributed by atoms with van der Waals surface area (Å²) in [6.07, 6.45) is 0.552. The summed E-state index contributed by atoms with van der Waals surface area (Å²) in [5.74, 6) is -2.17. The van der Waals surface area contributed by atoms with Crippen LogP contribution in [-0.4, -0.2) is 14.7 Å². The van der Waals surface area contributed by atoms with Gasteiger partial charge in [0.2, 0.25) is 11.7 Å². The summed E-state index contributed by atoms with van der Waals surface area (Å²) in [6.45, 7) is 5.52. The molecule has 90 valence electrons. The fraction of sp³-hybridized carbons (Fsp3) is 0.600. The van der Waals surface area contributed by atoms with Gasteiger partial charge in [-0.05, 0) is 12.3 Å². The molecule has 1 unspecified atom stereocenters. The van der Waals surface area contributed by atoms with E-state index in [-0.39, 0.29) is 12.0 Å². The van der Waals surface area contributed by atoms with E-state index in [2.05, 4.69) is 0 Å². The molecule has 0 bridgehead atoms. The first-order valence-corrected chi connectivity index (χ1v) is 5.13. The zero-order valence-corrected chi connectivity index (χ0v) is 9.45. The maximum Gasteiger partial charge on any atom is 0.331 e. The monoisotopic (exact) mass is 230 g/mol. The minimum atomic E-state index is -1.32. The van der Waals surface area contributed by atoms with Crippen LogP contribution in [0.4, 0.5) is 4.39 Å². The minimum absolute atomic E-state index is 0.0407. The number of nitrogens with one attached hydrogen (secondary N) is 1. The van der Waals surface area contributed by atoms with Gasteiger partial charge in [0.15, 0.2) is 0 Å². The van der Waals surface area contributed by atoms with Gasteiger partial charge in [-0.2, -0.15) is 4.39 Å². The molecule has 0 radical (unpaired) electrons. The molecule has 0 aromatic carbocycles. The third-order valence-corrected chi connectivity index (χ3v) is 2.58. The maximum atomic E-state index is 13.2. The van der Waals surface area contributed by atoms with Gasteiger partial charge >= 0.3 is 5.69 Å². The molecule has 0 spiro atoms. The van der Waals surface area contributed by atoms with E-state index in [0.29, 0.717) is 6.42 Å². The van der Waals surface area contributed by atoms with E-state index in [4.69, 9.17) is 0 Å². The molecule has 0 saturated heterocycles. The maximum absolute atomic E-state index is 13.2. The van der Waals surface area contributed by atoms with Crippen LogP contribution in [0.2, 0.25) is 0 Å². The van der Waals surface area contributed by atoms with Gasteiger partial charge < -0.3 is 5.11 Å². The van der Waals surface area contributed by atoms with E-state index in [0.717, 1.165) is 4.57 Å². The van der Waals surface area contributed by atoms with Crippen molar-refractivity contribution in [3.63, 3.8) is 0 Å². The Morgan fingerprint density at radius 2 is 2.00 bits per heavy atom. The highest BCUT2D eigenvalue weighted by atomic mass is 19.1. The van der Waals surface area contributed by atoms with E-state index < -0.39 is 22.9 Å². The van der Waals surface area contributed by atoms with Crippen molar-refractivity contribution in [3.8, 4) is 5.88 Å². The highest BCUT2D eigenvalue weighted by Crippen LogP contribution is 2.24. The Hall–Kier alpha value is -1.59. The zero-order valence-electron chi connectivity index (χ0n) is 9.45. The number of H-pyrrole nitrogens is 1. The van der Waals surface area contributed by atoms with Crippen molar-refractivity contribution < 1.29 is 9.50 Å². The van der Waals surface area contributed by atoms with Crippen molar-refractivity contribution in [1.29, 1.82) is 0 Å². The second-order valence-electron chi connectivity index (χ2n) is 3.99. The fourth-order valence-corrected chi connectivity index (χ4v) is 1.78. The molecule has 5 nitrogen and oxygen atoms in total. The standard InChI is InChI=1S/C10H15FN2O3/c1-4-6(5(2)3)13-9(15)7(11)8(14)12-10(13)16/h5-6,15H,4H2,1-3H3,(H,12,14,16). The van der Waals surface area contributed by atoms with E-state index in [1.54, 1.807) is 0 Å². The molecule has 1 aromatic heterocycles. The SMILES string of the molecule is CCC(C(C)C)n1c(O)c(F)c(=O)[nH]c1=O. The van der Waals surface area contributed by atoms with Crippen molar-refractivity contribution in [3.05, 3.63) is 26.7 Å². The van der Waals surface area contributed by atoms with Crippen LogP contribution in [0.15, 0.2) is 9.59 Å². The van der Waals surface area contributed by atoms with Crippen molar-refractivity contribution in [2.75, 3.05) is 0 Å². The highest BCUT2D eigenvalue weighted by molar-refractivity contribution is 5.11. The van der Waals surface area contributed by atoms with Crippen molar-refractivity contribution in [1.82, 2.24) is 9.55 Å². The lowest BCUT2D eigenvalue weighted by Gasteiger charge is -2.22. The molecular formula is C10H15FN2O3. The topological polar surface area (TPSA) is 75.1 Å². The Bertz CT molecular complexity index is 490. The van der Waals surface area contributed by atoms with Crippen LogP contribution < -0.4 is 11.2 Å². The van der Waals surface area contributed by atoms with Crippen LogP contribution in [-0.2, 0) is 0 Å². The van der Waals surface area contributed by atoms with Crippen molar-refractivity contribution >= 4 is 0 Å². The summed E-state index contributed by atoms with van der Waals surface area (Å²) < 4.78 is 14.1. The van der Waals surface area contributed by atoms with E-state index in [1.807, 2.05) is 25.8 Å². The quantitative estimate of drug-likeness (QED) is 0.813. The number of aromatic hydroxyl groups is 1. The fourth-order valence-electron chi connectivity index (χ4n) is 1.78. The van der Waals surface area contributed by atoms with E-state index in [1.165, 1.54) is 0 Å². The molecule has 1 aromatic rings. The highest BCUT2D eigenvalue weighted by Gasteiger charge is 2.22. The summed E-state index contributed by atoms with van der Waals surface area (Å²) in [7, 11) is 0. The molecule has 16 heavy (non-hydrogen) atoms.